The number of carboxylic acid groups (broad SMARTS) is 1. The Morgan fingerprint density at radius 2 is 1.97 bits per heavy atom. The first kappa shape index (κ1) is 24.3. The van der Waals surface area contributed by atoms with Gasteiger partial charge in [-0.15, -0.1) is 0 Å². The van der Waals surface area contributed by atoms with Gasteiger partial charge in [-0.3, -0.25) is 0 Å². The van der Waals surface area contributed by atoms with Crippen LogP contribution in [0.1, 0.15) is 30.5 Å². The molecule has 0 aromatic heterocycles. The summed E-state index contributed by atoms with van der Waals surface area (Å²) in [5.41, 5.74) is -1.06. The van der Waals surface area contributed by atoms with E-state index >= 15 is 0 Å². The molecule has 0 saturated heterocycles. The van der Waals surface area contributed by atoms with Gasteiger partial charge in [-0.1, -0.05) is 46.3 Å². The summed E-state index contributed by atoms with van der Waals surface area (Å²) in [6.45, 7) is 0.871. The predicted octanol–water partition coefficient (Wildman–Crippen LogP) is 4.42. The van der Waals surface area contributed by atoms with Gasteiger partial charge in [0.05, 0.1) is 12.1 Å². The number of nitrogens with one attached hydrogen (secondary N) is 2. The van der Waals surface area contributed by atoms with Crippen LogP contribution in [0.15, 0.2) is 53.0 Å². The van der Waals surface area contributed by atoms with Crippen LogP contribution in [0.2, 0.25) is 0 Å². The molecule has 32 heavy (non-hydrogen) atoms. The molecule has 1 amide bonds. The standard InChI is InChI=1S/C22H24BrF3N2O4/c1-21(22(24,25)26)11-17(15-10-14(23)7-8-19(15)32-21)27-12-18(29)16(28-20(30)31)9-13-5-3-2-4-6-13/h2-8,10,16-18,27-29H,9,11-12H2,1H3,(H,30,31)/t16?,17-,18+,21?/m0/s1. The molecule has 4 atom stereocenters. The topological polar surface area (TPSA) is 90.8 Å². The van der Waals surface area contributed by atoms with Crippen molar-refractivity contribution < 1.29 is 32.9 Å². The van der Waals surface area contributed by atoms with Gasteiger partial charge in [0, 0.05) is 29.0 Å². The van der Waals surface area contributed by atoms with E-state index in [0.717, 1.165) is 12.5 Å². The fourth-order valence-electron chi connectivity index (χ4n) is 3.74. The van der Waals surface area contributed by atoms with Crippen molar-refractivity contribution >= 4 is 22.0 Å². The van der Waals surface area contributed by atoms with Crippen LogP contribution in [-0.4, -0.2) is 46.8 Å². The highest BCUT2D eigenvalue weighted by atomic mass is 79.9. The van der Waals surface area contributed by atoms with Crippen LogP contribution >= 0.6 is 15.9 Å². The third kappa shape index (κ3) is 5.73. The van der Waals surface area contributed by atoms with Crippen LogP contribution in [0, 0.1) is 0 Å². The molecule has 0 bridgehead atoms. The summed E-state index contributed by atoms with van der Waals surface area (Å²) in [6, 6.07) is 12.1. The summed E-state index contributed by atoms with van der Waals surface area (Å²) in [7, 11) is 0. The Morgan fingerprint density at radius 1 is 1.28 bits per heavy atom. The minimum atomic E-state index is -4.60. The van der Waals surface area contributed by atoms with Gasteiger partial charge in [-0.2, -0.15) is 13.2 Å². The summed E-state index contributed by atoms with van der Waals surface area (Å²) >= 11 is 3.32. The molecule has 1 aliphatic rings. The lowest BCUT2D eigenvalue weighted by molar-refractivity contribution is -0.249. The van der Waals surface area contributed by atoms with E-state index in [-0.39, 0.29) is 18.7 Å². The molecule has 2 aromatic rings. The molecule has 0 spiro atoms. The maximum absolute atomic E-state index is 13.7. The molecule has 10 heteroatoms. The van der Waals surface area contributed by atoms with E-state index in [0.29, 0.717) is 10.0 Å². The van der Waals surface area contributed by atoms with Crippen molar-refractivity contribution in [2.24, 2.45) is 0 Å². The highest BCUT2D eigenvalue weighted by Gasteiger charge is 2.56. The molecule has 2 aromatic carbocycles. The van der Waals surface area contributed by atoms with Gasteiger partial charge in [0.15, 0.2) is 0 Å². The monoisotopic (exact) mass is 516 g/mol. The van der Waals surface area contributed by atoms with Gasteiger partial charge in [0.25, 0.3) is 0 Å². The van der Waals surface area contributed by atoms with Crippen LogP contribution in [0.4, 0.5) is 18.0 Å². The lowest BCUT2D eigenvalue weighted by Crippen LogP contribution is -2.54. The summed E-state index contributed by atoms with van der Waals surface area (Å²) in [5, 5.41) is 25.1. The Hall–Kier alpha value is -2.30. The molecule has 1 aliphatic heterocycles. The summed E-state index contributed by atoms with van der Waals surface area (Å²) in [4.78, 5) is 11.2. The van der Waals surface area contributed by atoms with E-state index < -0.39 is 42.5 Å². The molecule has 3 rings (SSSR count). The second-order valence-corrected chi connectivity index (χ2v) is 8.91. The summed E-state index contributed by atoms with van der Waals surface area (Å²) < 4.78 is 47.1. The molecule has 0 saturated carbocycles. The lowest BCUT2D eigenvalue weighted by Gasteiger charge is -2.41. The summed E-state index contributed by atoms with van der Waals surface area (Å²) in [6.07, 6.45) is -7.25. The number of rotatable bonds is 7. The first-order valence-corrected chi connectivity index (χ1v) is 10.8. The van der Waals surface area contributed by atoms with E-state index in [9.17, 15) is 23.1 Å². The second-order valence-electron chi connectivity index (χ2n) is 7.99. The molecule has 0 radical (unpaired) electrons. The number of aliphatic hydroxyl groups is 1. The minimum Gasteiger partial charge on any atom is -0.478 e. The van der Waals surface area contributed by atoms with Gasteiger partial charge in [0.1, 0.15) is 5.75 Å². The van der Waals surface area contributed by atoms with Crippen molar-refractivity contribution in [1.82, 2.24) is 10.6 Å². The van der Waals surface area contributed by atoms with Crippen molar-refractivity contribution in [2.45, 2.75) is 49.7 Å². The van der Waals surface area contributed by atoms with Crippen LogP contribution < -0.4 is 15.4 Å². The molecule has 0 fully saturated rings. The van der Waals surface area contributed by atoms with E-state index in [1.165, 1.54) is 6.07 Å². The number of ether oxygens (including phenoxy) is 1. The SMILES string of the molecule is CC1(C(F)(F)F)C[C@H](NC[C@@H](O)C(Cc2ccccc2)NC(=O)O)c2cc(Br)ccc2O1. The number of benzene rings is 2. The summed E-state index contributed by atoms with van der Waals surface area (Å²) in [5.74, 6) is 0.107. The van der Waals surface area contributed by atoms with Gasteiger partial charge < -0.3 is 25.6 Å². The number of aliphatic hydroxyl groups excluding tert-OH is 1. The van der Waals surface area contributed by atoms with E-state index in [1.807, 2.05) is 6.07 Å². The molecule has 2 unspecified atom stereocenters. The fraction of sp³-hybridized carbons (Fsp3) is 0.409. The highest BCUT2D eigenvalue weighted by Crippen LogP contribution is 2.47. The number of alkyl halides is 3. The van der Waals surface area contributed by atoms with Gasteiger partial charge in [0.2, 0.25) is 5.60 Å². The number of hydrogen-bond acceptors (Lipinski definition) is 4. The molecule has 4 N–H and O–H groups in total. The first-order valence-electron chi connectivity index (χ1n) is 9.98. The molecule has 0 aliphatic carbocycles. The Morgan fingerprint density at radius 3 is 2.59 bits per heavy atom. The largest absolute Gasteiger partial charge is 0.478 e. The van der Waals surface area contributed by atoms with Crippen molar-refractivity contribution in [3.05, 3.63) is 64.1 Å². The van der Waals surface area contributed by atoms with Crippen LogP contribution in [0.25, 0.3) is 0 Å². The fourth-order valence-corrected chi connectivity index (χ4v) is 4.12. The third-order valence-electron chi connectivity index (χ3n) is 5.52. The molecule has 1 heterocycles. The predicted molar refractivity (Wildman–Crippen MR) is 116 cm³/mol. The van der Waals surface area contributed by atoms with Gasteiger partial charge in [-0.05, 0) is 37.1 Å². The van der Waals surface area contributed by atoms with Crippen LogP contribution in [0.3, 0.4) is 0 Å². The van der Waals surface area contributed by atoms with Gasteiger partial charge >= 0.3 is 12.3 Å². The van der Waals surface area contributed by atoms with E-state index in [4.69, 9.17) is 9.84 Å². The minimum absolute atomic E-state index is 0.107. The molecule has 174 valence electrons. The average molecular weight is 517 g/mol. The smallest absolute Gasteiger partial charge is 0.428 e. The average Bonchev–Trinajstić information content (AvgIpc) is 2.71. The Labute approximate surface area is 191 Å². The van der Waals surface area contributed by atoms with Gasteiger partial charge in [-0.25, -0.2) is 4.79 Å². The molecular formula is C22H24BrF3N2O4. The normalized spacial score (nSPS) is 22.4. The van der Waals surface area contributed by atoms with Crippen molar-refractivity contribution in [1.29, 1.82) is 0 Å². The van der Waals surface area contributed by atoms with Crippen LogP contribution in [0.5, 0.6) is 5.75 Å². The van der Waals surface area contributed by atoms with E-state index in [1.54, 1.807) is 36.4 Å². The number of amides is 1. The lowest BCUT2D eigenvalue weighted by atomic mass is 9.87. The highest BCUT2D eigenvalue weighted by molar-refractivity contribution is 9.10. The van der Waals surface area contributed by atoms with E-state index in [2.05, 4.69) is 26.6 Å². The van der Waals surface area contributed by atoms with Crippen molar-refractivity contribution in [3.63, 3.8) is 0 Å². The van der Waals surface area contributed by atoms with Crippen molar-refractivity contribution in [3.8, 4) is 5.75 Å². The first-order chi connectivity index (χ1) is 15.0. The third-order valence-corrected chi connectivity index (χ3v) is 6.01. The Kier molecular flexibility index (Phi) is 7.36. The quantitative estimate of drug-likeness (QED) is 0.437. The molecular weight excluding hydrogens is 493 g/mol. The van der Waals surface area contributed by atoms with Crippen LogP contribution in [-0.2, 0) is 6.42 Å². The Bertz CT molecular complexity index is 945. The molecule has 6 nitrogen and oxygen atoms in total. The van der Waals surface area contributed by atoms with Crippen molar-refractivity contribution in [2.75, 3.05) is 6.54 Å². The second kappa shape index (κ2) is 9.68. The Balaban J connectivity index is 1.78. The number of halogens is 4. The zero-order valence-corrected chi connectivity index (χ0v) is 18.8. The maximum Gasteiger partial charge on any atom is 0.428 e. The zero-order valence-electron chi connectivity index (χ0n) is 17.2. The number of fused-ring (bicyclic) bond motifs is 1. The maximum atomic E-state index is 13.7. The zero-order chi connectivity index (χ0) is 23.5. The number of carbonyl (C=O) groups is 1. The number of hydrogen-bond donors (Lipinski definition) is 4.